The molecule has 1 atom stereocenters. The number of hydrogen-bond donors (Lipinski definition) is 0. The van der Waals surface area contributed by atoms with Crippen molar-refractivity contribution in [2.45, 2.75) is 13.0 Å². The smallest absolute Gasteiger partial charge is 0.340 e. The van der Waals surface area contributed by atoms with Crippen LogP contribution in [-0.4, -0.2) is 5.97 Å². The molecule has 1 heterocycles. The van der Waals surface area contributed by atoms with Crippen molar-refractivity contribution < 1.29 is 9.53 Å². The third-order valence-corrected chi connectivity index (χ3v) is 2.87. The minimum absolute atomic E-state index is 0.0813. The van der Waals surface area contributed by atoms with Crippen LogP contribution in [0.3, 0.4) is 0 Å². The highest BCUT2D eigenvalue weighted by Crippen LogP contribution is 2.32. The van der Waals surface area contributed by atoms with Gasteiger partial charge in [-0.15, -0.1) is 0 Å². The fourth-order valence-electron chi connectivity index (χ4n) is 1.38. The Labute approximate surface area is 84.1 Å². The monoisotopic (exact) mass is 274 g/mol. The standard InChI is InChI=1S/C9H7IO2/c1-5-6-3-2-4-7(10)8(6)9(11)12-5/h2-5H,1H3. The molecule has 1 unspecified atom stereocenters. The average molecular weight is 274 g/mol. The number of esters is 1. The van der Waals surface area contributed by atoms with Gasteiger partial charge in [-0.3, -0.25) is 0 Å². The number of carbonyl (C=O) groups is 1. The first-order valence-corrected chi connectivity index (χ1v) is 4.77. The van der Waals surface area contributed by atoms with Crippen LogP contribution in [-0.2, 0) is 4.74 Å². The summed E-state index contributed by atoms with van der Waals surface area (Å²) >= 11 is 2.15. The van der Waals surface area contributed by atoms with E-state index < -0.39 is 0 Å². The number of ether oxygens (including phenoxy) is 1. The summed E-state index contributed by atoms with van der Waals surface area (Å²) in [6, 6.07) is 5.80. The van der Waals surface area contributed by atoms with E-state index in [2.05, 4.69) is 22.6 Å². The molecular formula is C9H7IO2. The van der Waals surface area contributed by atoms with E-state index in [0.717, 1.165) is 14.7 Å². The van der Waals surface area contributed by atoms with Gasteiger partial charge in [-0.2, -0.15) is 0 Å². The van der Waals surface area contributed by atoms with Crippen LogP contribution in [0, 0.1) is 3.57 Å². The van der Waals surface area contributed by atoms with Crippen molar-refractivity contribution in [2.24, 2.45) is 0 Å². The van der Waals surface area contributed by atoms with Crippen LogP contribution < -0.4 is 0 Å². The van der Waals surface area contributed by atoms with Crippen LogP contribution in [0.4, 0.5) is 0 Å². The molecule has 0 saturated carbocycles. The molecule has 0 aromatic heterocycles. The Kier molecular flexibility index (Phi) is 1.83. The highest BCUT2D eigenvalue weighted by molar-refractivity contribution is 14.1. The molecule has 12 heavy (non-hydrogen) atoms. The molecule has 1 aromatic rings. The molecule has 0 fully saturated rings. The molecule has 0 spiro atoms. The Morgan fingerprint density at radius 1 is 1.50 bits per heavy atom. The van der Waals surface area contributed by atoms with E-state index in [1.54, 1.807) is 0 Å². The average Bonchev–Trinajstić information content (AvgIpc) is 2.29. The maximum atomic E-state index is 11.3. The minimum atomic E-state index is -0.192. The van der Waals surface area contributed by atoms with Crippen LogP contribution >= 0.6 is 22.6 Å². The molecular weight excluding hydrogens is 267 g/mol. The van der Waals surface area contributed by atoms with E-state index >= 15 is 0 Å². The minimum Gasteiger partial charge on any atom is -0.454 e. The quantitative estimate of drug-likeness (QED) is 0.536. The first kappa shape index (κ1) is 8.04. The second-order valence-corrected chi connectivity index (χ2v) is 3.91. The van der Waals surface area contributed by atoms with Gasteiger partial charge in [0.05, 0.1) is 5.56 Å². The topological polar surface area (TPSA) is 26.3 Å². The molecule has 0 N–H and O–H groups in total. The molecule has 0 bridgehead atoms. The van der Waals surface area contributed by atoms with Gasteiger partial charge in [0, 0.05) is 9.13 Å². The van der Waals surface area contributed by atoms with E-state index in [1.807, 2.05) is 25.1 Å². The van der Waals surface area contributed by atoms with Crippen molar-refractivity contribution in [3.05, 3.63) is 32.9 Å². The summed E-state index contributed by atoms with van der Waals surface area (Å²) in [6.45, 7) is 1.89. The first-order valence-electron chi connectivity index (χ1n) is 3.69. The zero-order valence-corrected chi connectivity index (χ0v) is 8.66. The van der Waals surface area contributed by atoms with Crippen molar-refractivity contribution in [1.82, 2.24) is 0 Å². The summed E-state index contributed by atoms with van der Waals surface area (Å²) in [5.41, 5.74) is 1.75. The summed E-state index contributed by atoms with van der Waals surface area (Å²) < 4.78 is 6.04. The predicted molar refractivity (Wildman–Crippen MR) is 53.0 cm³/mol. The zero-order valence-electron chi connectivity index (χ0n) is 6.50. The summed E-state index contributed by atoms with van der Waals surface area (Å²) in [6.07, 6.45) is -0.0813. The fraction of sp³-hybridized carbons (Fsp3) is 0.222. The summed E-state index contributed by atoms with van der Waals surface area (Å²) in [5, 5.41) is 0. The lowest BCUT2D eigenvalue weighted by atomic mass is 10.1. The van der Waals surface area contributed by atoms with Gasteiger partial charge in [-0.25, -0.2) is 4.79 Å². The van der Waals surface area contributed by atoms with E-state index in [1.165, 1.54) is 0 Å². The van der Waals surface area contributed by atoms with Crippen molar-refractivity contribution in [1.29, 1.82) is 0 Å². The highest BCUT2D eigenvalue weighted by Gasteiger charge is 2.29. The van der Waals surface area contributed by atoms with Crippen LogP contribution in [0.25, 0.3) is 0 Å². The molecule has 0 amide bonds. The zero-order chi connectivity index (χ0) is 8.72. The van der Waals surface area contributed by atoms with Crippen LogP contribution in [0.15, 0.2) is 18.2 Å². The molecule has 0 aliphatic carbocycles. The Morgan fingerprint density at radius 3 is 2.92 bits per heavy atom. The van der Waals surface area contributed by atoms with Crippen molar-refractivity contribution in [3.8, 4) is 0 Å². The van der Waals surface area contributed by atoms with Gasteiger partial charge in [0.25, 0.3) is 0 Å². The lowest BCUT2D eigenvalue weighted by Crippen LogP contribution is -1.96. The van der Waals surface area contributed by atoms with Crippen LogP contribution in [0.5, 0.6) is 0 Å². The number of cyclic esters (lactones) is 1. The van der Waals surface area contributed by atoms with Gasteiger partial charge in [-0.05, 0) is 35.6 Å². The Bertz CT molecular complexity index is 346. The molecule has 1 aliphatic rings. The summed E-state index contributed by atoms with van der Waals surface area (Å²) in [7, 11) is 0. The van der Waals surface area contributed by atoms with Crippen molar-refractivity contribution in [2.75, 3.05) is 0 Å². The van der Waals surface area contributed by atoms with Gasteiger partial charge >= 0.3 is 5.97 Å². The van der Waals surface area contributed by atoms with E-state index in [-0.39, 0.29) is 12.1 Å². The lowest BCUT2D eigenvalue weighted by molar-refractivity contribution is 0.0421. The maximum absolute atomic E-state index is 11.3. The number of benzene rings is 1. The maximum Gasteiger partial charge on any atom is 0.340 e. The third-order valence-electron chi connectivity index (χ3n) is 1.97. The molecule has 62 valence electrons. The Morgan fingerprint density at radius 2 is 2.25 bits per heavy atom. The number of fused-ring (bicyclic) bond motifs is 1. The molecule has 0 radical (unpaired) electrons. The van der Waals surface area contributed by atoms with Gasteiger partial charge in [0.2, 0.25) is 0 Å². The largest absolute Gasteiger partial charge is 0.454 e. The molecule has 1 aromatic carbocycles. The number of hydrogen-bond acceptors (Lipinski definition) is 2. The highest BCUT2D eigenvalue weighted by atomic mass is 127. The molecule has 2 rings (SSSR count). The van der Waals surface area contributed by atoms with Gasteiger partial charge in [0.15, 0.2) is 0 Å². The normalized spacial score (nSPS) is 20.5. The van der Waals surface area contributed by atoms with Crippen molar-refractivity contribution >= 4 is 28.6 Å². The van der Waals surface area contributed by atoms with Crippen molar-refractivity contribution in [3.63, 3.8) is 0 Å². The van der Waals surface area contributed by atoms with E-state index in [9.17, 15) is 4.79 Å². The fourth-order valence-corrected chi connectivity index (χ4v) is 2.12. The number of carbonyl (C=O) groups excluding carboxylic acids is 1. The Hall–Kier alpha value is -0.580. The van der Waals surface area contributed by atoms with Crippen LogP contribution in [0.2, 0.25) is 0 Å². The number of rotatable bonds is 0. The molecule has 3 heteroatoms. The predicted octanol–water partition coefficient (Wildman–Crippen LogP) is 2.52. The summed E-state index contributed by atoms with van der Waals surface area (Å²) in [4.78, 5) is 11.3. The van der Waals surface area contributed by atoms with E-state index in [0.29, 0.717) is 0 Å². The van der Waals surface area contributed by atoms with Gasteiger partial charge in [-0.1, -0.05) is 12.1 Å². The van der Waals surface area contributed by atoms with Crippen LogP contribution in [0.1, 0.15) is 28.9 Å². The third kappa shape index (κ3) is 1.03. The number of halogens is 1. The SMILES string of the molecule is CC1OC(=O)c2c(I)cccc21. The molecule has 0 saturated heterocycles. The summed E-state index contributed by atoms with van der Waals surface area (Å²) in [5.74, 6) is -0.192. The Balaban J connectivity index is 2.67. The second-order valence-electron chi connectivity index (χ2n) is 2.75. The second kappa shape index (κ2) is 2.73. The van der Waals surface area contributed by atoms with Gasteiger partial charge in [0.1, 0.15) is 6.10 Å². The van der Waals surface area contributed by atoms with Gasteiger partial charge < -0.3 is 4.74 Å². The lowest BCUT2D eigenvalue weighted by Gasteiger charge is -2.00. The molecule has 2 nitrogen and oxygen atoms in total. The van der Waals surface area contributed by atoms with E-state index in [4.69, 9.17) is 4.74 Å². The molecule has 1 aliphatic heterocycles. The first-order chi connectivity index (χ1) is 5.70.